The fourth-order valence-corrected chi connectivity index (χ4v) is 7.35. The number of aliphatic hydroxyl groups is 1. The van der Waals surface area contributed by atoms with E-state index >= 15 is 0 Å². The third-order valence-corrected chi connectivity index (χ3v) is 9.48. The Hall–Kier alpha value is -3.13. The number of hydrogen-bond acceptors (Lipinski definition) is 5. The van der Waals surface area contributed by atoms with E-state index in [0.29, 0.717) is 18.2 Å². The van der Waals surface area contributed by atoms with Crippen LogP contribution >= 0.6 is 0 Å². The van der Waals surface area contributed by atoms with Gasteiger partial charge in [-0.25, -0.2) is 14.5 Å². The molecule has 5 fully saturated rings. The Kier molecular flexibility index (Phi) is 4.86. The van der Waals surface area contributed by atoms with Crippen molar-refractivity contribution in [1.29, 1.82) is 5.26 Å². The molecule has 2 aromatic rings. The third-order valence-electron chi connectivity index (χ3n) is 9.48. The fraction of sp³-hybridized carbons (Fsp3) is 0.630. The van der Waals surface area contributed by atoms with Crippen LogP contribution in [0.1, 0.15) is 67.1 Å². The quantitative estimate of drug-likeness (QED) is 0.653. The maximum atomic E-state index is 13.0. The summed E-state index contributed by atoms with van der Waals surface area (Å²) in [5.41, 5.74) is -0.936. The largest absolute Gasteiger partial charge is 0.417 e. The predicted molar refractivity (Wildman–Crippen MR) is 127 cm³/mol. The Labute approximate surface area is 218 Å². The Bertz CT molecular complexity index is 1330. The zero-order chi connectivity index (χ0) is 26.5. The third kappa shape index (κ3) is 3.79. The van der Waals surface area contributed by atoms with E-state index in [4.69, 9.17) is 5.26 Å². The standard InChI is InChI=1S/C27H29F3N6O2/c28-27(29,30)21-2-1-17(6-19(21)11-31)5-18-7-24(8-18)12-34(13-24)23(37)35-14-25(15-35)9-20(10-25)36-16-32-22(33-36)26(38)3-4-26/h1-2,6,16,18,20,38H,3-5,7-10,12-15H2. The Morgan fingerprint density at radius 2 is 1.71 bits per heavy atom. The highest BCUT2D eigenvalue weighted by atomic mass is 19.4. The van der Waals surface area contributed by atoms with Crippen molar-refractivity contribution in [3.63, 3.8) is 0 Å². The second kappa shape index (κ2) is 7.72. The number of amides is 2. The molecule has 5 aliphatic rings. The molecule has 200 valence electrons. The molecule has 38 heavy (non-hydrogen) atoms. The number of rotatable bonds is 4. The van der Waals surface area contributed by atoms with E-state index < -0.39 is 17.3 Å². The fourth-order valence-electron chi connectivity index (χ4n) is 7.35. The van der Waals surface area contributed by atoms with Gasteiger partial charge < -0.3 is 14.9 Å². The molecule has 1 aromatic heterocycles. The van der Waals surface area contributed by atoms with Gasteiger partial charge >= 0.3 is 12.2 Å². The highest BCUT2D eigenvalue weighted by Gasteiger charge is 2.58. The Morgan fingerprint density at radius 1 is 1.08 bits per heavy atom. The molecular formula is C27H29F3N6O2. The minimum absolute atomic E-state index is 0.105. The summed E-state index contributed by atoms with van der Waals surface area (Å²) in [6.07, 6.45) is 3.17. The number of hydrogen-bond donors (Lipinski definition) is 1. The maximum Gasteiger partial charge on any atom is 0.417 e. The molecule has 1 N–H and O–H groups in total. The monoisotopic (exact) mass is 526 g/mol. The van der Waals surface area contributed by atoms with Gasteiger partial charge in [0.15, 0.2) is 5.82 Å². The van der Waals surface area contributed by atoms with Crippen LogP contribution in [0.2, 0.25) is 0 Å². The average Bonchev–Trinajstić information content (AvgIpc) is 3.32. The second-order valence-electron chi connectivity index (χ2n) is 12.6. The lowest BCUT2D eigenvalue weighted by Crippen LogP contribution is -2.71. The average molecular weight is 527 g/mol. The molecule has 3 aliphatic carbocycles. The van der Waals surface area contributed by atoms with Crippen LogP contribution in [0.3, 0.4) is 0 Å². The SMILES string of the molecule is N#Cc1cc(CC2CC3(C2)CN(C(=O)N2CC4(CC(n5cnc(C6(O)CC6)n5)C4)C2)C3)ccc1C(F)(F)F. The number of carbonyl (C=O) groups excluding carboxylic acids is 1. The van der Waals surface area contributed by atoms with Gasteiger partial charge in [0.2, 0.25) is 0 Å². The summed E-state index contributed by atoms with van der Waals surface area (Å²) in [6, 6.07) is 5.93. The van der Waals surface area contributed by atoms with Crippen molar-refractivity contribution in [2.45, 2.75) is 62.8 Å². The molecule has 1 aromatic carbocycles. The molecule has 3 saturated carbocycles. The molecule has 0 unspecified atom stereocenters. The van der Waals surface area contributed by atoms with Gasteiger partial charge in [0, 0.05) is 37.0 Å². The van der Waals surface area contributed by atoms with Crippen LogP contribution in [0.25, 0.3) is 0 Å². The number of urea groups is 1. The van der Waals surface area contributed by atoms with Crippen molar-refractivity contribution in [1.82, 2.24) is 24.6 Å². The van der Waals surface area contributed by atoms with Crippen LogP contribution in [-0.2, 0) is 18.2 Å². The van der Waals surface area contributed by atoms with E-state index in [2.05, 4.69) is 10.1 Å². The minimum Gasteiger partial charge on any atom is -0.382 e. The zero-order valence-corrected chi connectivity index (χ0v) is 20.9. The number of carbonyl (C=O) groups is 1. The number of nitrogens with zero attached hydrogens (tertiary/aromatic N) is 6. The number of halogens is 3. The van der Waals surface area contributed by atoms with E-state index in [1.807, 2.05) is 14.5 Å². The summed E-state index contributed by atoms with van der Waals surface area (Å²) >= 11 is 0. The number of nitriles is 1. The number of alkyl halides is 3. The van der Waals surface area contributed by atoms with Crippen LogP contribution in [0.5, 0.6) is 0 Å². The van der Waals surface area contributed by atoms with Crippen LogP contribution in [0.15, 0.2) is 24.5 Å². The first-order valence-electron chi connectivity index (χ1n) is 13.3. The lowest BCUT2D eigenvalue weighted by molar-refractivity contribution is -0.137. The van der Waals surface area contributed by atoms with Gasteiger partial charge in [0.25, 0.3) is 0 Å². The predicted octanol–water partition coefficient (Wildman–Crippen LogP) is 3.86. The molecule has 2 saturated heterocycles. The summed E-state index contributed by atoms with van der Waals surface area (Å²) in [4.78, 5) is 21.1. The van der Waals surface area contributed by atoms with E-state index in [-0.39, 0.29) is 28.5 Å². The molecule has 11 heteroatoms. The van der Waals surface area contributed by atoms with Gasteiger partial charge in [0.1, 0.15) is 11.9 Å². The Morgan fingerprint density at radius 3 is 2.29 bits per heavy atom. The molecule has 2 amide bonds. The summed E-state index contributed by atoms with van der Waals surface area (Å²) < 4.78 is 41.0. The molecule has 7 rings (SSSR count). The Balaban J connectivity index is 0.855. The number of benzene rings is 1. The van der Waals surface area contributed by atoms with Crippen molar-refractivity contribution in [3.05, 3.63) is 47.0 Å². The van der Waals surface area contributed by atoms with E-state index in [1.165, 1.54) is 12.1 Å². The van der Waals surface area contributed by atoms with Crippen molar-refractivity contribution < 1.29 is 23.1 Å². The summed E-state index contributed by atoms with van der Waals surface area (Å²) in [5.74, 6) is 0.896. The normalized spacial score (nSPS) is 24.8. The maximum absolute atomic E-state index is 13.0. The topological polar surface area (TPSA) is 98.3 Å². The van der Waals surface area contributed by atoms with Crippen LogP contribution in [-0.4, -0.2) is 61.9 Å². The van der Waals surface area contributed by atoms with Crippen molar-refractivity contribution in [3.8, 4) is 6.07 Å². The van der Waals surface area contributed by atoms with Gasteiger partial charge in [-0.1, -0.05) is 6.07 Å². The summed E-state index contributed by atoms with van der Waals surface area (Å²) in [6.45, 7) is 3.04. The molecule has 3 heterocycles. The number of aromatic nitrogens is 3. The first-order chi connectivity index (χ1) is 18.0. The molecule has 2 aliphatic heterocycles. The molecule has 0 radical (unpaired) electrons. The van der Waals surface area contributed by atoms with Crippen molar-refractivity contribution in [2.75, 3.05) is 26.2 Å². The minimum atomic E-state index is -4.52. The first-order valence-corrected chi connectivity index (χ1v) is 13.3. The van der Waals surface area contributed by atoms with Crippen LogP contribution < -0.4 is 0 Å². The van der Waals surface area contributed by atoms with Gasteiger partial charge in [-0.2, -0.15) is 23.5 Å². The van der Waals surface area contributed by atoms with E-state index in [1.54, 1.807) is 12.4 Å². The van der Waals surface area contributed by atoms with E-state index in [0.717, 1.165) is 76.3 Å². The van der Waals surface area contributed by atoms with Crippen molar-refractivity contribution in [2.24, 2.45) is 16.7 Å². The molecule has 8 nitrogen and oxygen atoms in total. The van der Waals surface area contributed by atoms with Gasteiger partial charge in [0.05, 0.1) is 23.2 Å². The lowest BCUT2D eigenvalue weighted by Gasteiger charge is -2.63. The van der Waals surface area contributed by atoms with E-state index in [9.17, 15) is 23.1 Å². The molecular weight excluding hydrogens is 497 g/mol. The lowest BCUT2D eigenvalue weighted by atomic mass is 9.56. The van der Waals surface area contributed by atoms with Gasteiger partial charge in [-0.15, -0.1) is 0 Å². The highest BCUT2D eigenvalue weighted by Crippen LogP contribution is 2.56. The molecule has 0 atom stereocenters. The molecule has 0 bridgehead atoms. The molecule has 2 spiro atoms. The van der Waals surface area contributed by atoms with Crippen LogP contribution in [0.4, 0.5) is 18.0 Å². The van der Waals surface area contributed by atoms with Gasteiger partial charge in [-0.3, -0.25) is 0 Å². The smallest absolute Gasteiger partial charge is 0.382 e. The summed E-state index contributed by atoms with van der Waals surface area (Å²) in [5, 5.41) is 23.8. The number of likely N-dealkylation sites (tertiary alicyclic amines) is 2. The first kappa shape index (κ1) is 23.9. The highest BCUT2D eigenvalue weighted by molar-refractivity contribution is 5.77. The second-order valence-corrected chi connectivity index (χ2v) is 12.6. The summed E-state index contributed by atoms with van der Waals surface area (Å²) in [7, 11) is 0. The zero-order valence-electron chi connectivity index (χ0n) is 20.9. The van der Waals surface area contributed by atoms with Gasteiger partial charge in [-0.05, 0) is 68.6 Å². The van der Waals surface area contributed by atoms with Crippen LogP contribution in [0, 0.1) is 28.1 Å². The van der Waals surface area contributed by atoms with Crippen molar-refractivity contribution >= 4 is 6.03 Å².